The number of nitro groups is 1. The predicted molar refractivity (Wildman–Crippen MR) is 77.4 cm³/mol. The molecular formula is C13H10BrNO4S. The quantitative estimate of drug-likeness (QED) is 0.623. The van der Waals surface area contributed by atoms with Gasteiger partial charge in [0.25, 0.3) is 5.69 Å². The molecule has 0 N–H and O–H groups in total. The zero-order valence-electron chi connectivity index (χ0n) is 10.4. The van der Waals surface area contributed by atoms with Crippen LogP contribution >= 0.6 is 15.9 Å². The molecule has 0 fully saturated rings. The summed E-state index contributed by atoms with van der Waals surface area (Å²) in [5, 5.41) is 11.0. The fraction of sp³-hybridized carbons (Fsp3) is 0.0769. The van der Waals surface area contributed by atoms with Crippen LogP contribution < -0.4 is 0 Å². The summed E-state index contributed by atoms with van der Waals surface area (Å²) in [4.78, 5) is 10.0. The van der Waals surface area contributed by atoms with Gasteiger partial charge in [-0.1, -0.05) is 23.8 Å². The van der Waals surface area contributed by atoms with Gasteiger partial charge in [-0.25, -0.2) is 8.42 Å². The van der Waals surface area contributed by atoms with Crippen molar-refractivity contribution in [1.29, 1.82) is 0 Å². The summed E-state index contributed by atoms with van der Waals surface area (Å²) < 4.78 is 25.3. The molecule has 0 atom stereocenters. The number of benzene rings is 2. The van der Waals surface area contributed by atoms with Gasteiger partial charge >= 0.3 is 0 Å². The van der Waals surface area contributed by atoms with Gasteiger partial charge in [-0.05, 0) is 41.1 Å². The molecule has 0 aliphatic heterocycles. The van der Waals surface area contributed by atoms with Crippen LogP contribution in [0.1, 0.15) is 5.56 Å². The van der Waals surface area contributed by atoms with Crippen molar-refractivity contribution in [3.8, 4) is 0 Å². The zero-order valence-corrected chi connectivity index (χ0v) is 12.8. The Bertz CT molecular complexity index is 769. The van der Waals surface area contributed by atoms with Crippen LogP contribution in [0.25, 0.3) is 0 Å². The van der Waals surface area contributed by atoms with Crippen LogP contribution in [0, 0.1) is 17.0 Å². The molecule has 2 aromatic rings. The molecule has 2 rings (SSSR count). The van der Waals surface area contributed by atoms with Crippen molar-refractivity contribution in [3.63, 3.8) is 0 Å². The minimum Gasteiger partial charge on any atom is -0.258 e. The van der Waals surface area contributed by atoms with Gasteiger partial charge < -0.3 is 0 Å². The Hall–Kier alpha value is -1.73. The topological polar surface area (TPSA) is 77.3 Å². The number of halogens is 1. The van der Waals surface area contributed by atoms with Crippen molar-refractivity contribution in [2.45, 2.75) is 16.7 Å². The molecule has 0 saturated carbocycles. The van der Waals surface area contributed by atoms with Gasteiger partial charge in [-0.15, -0.1) is 0 Å². The highest BCUT2D eigenvalue weighted by atomic mass is 79.9. The maximum Gasteiger partial charge on any atom is 0.289 e. The first-order valence-electron chi connectivity index (χ1n) is 5.58. The molecule has 0 aliphatic rings. The van der Waals surface area contributed by atoms with E-state index in [4.69, 9.17) is 0 Å². The van der Waals surface area contributed by atoms with E-state index in [1.54, 1.807) is 12.1 Å². The van der Waals surface area contributed by atoms with Crippen molar-refractivity contribution < 1.29 is 13.3 Å². The Morgan fingerprint density at radius 3 is 2.25 bits per heavy atom. The van der Waals surface area contributed by atoms with Gasteiger partial charge in [0.2, 0.25) is 9.84 Å². The lowest BCUT2D eigenvalue weighted by Crippen LogP contribution is -2.06. The second kappa shape index (κ2) is 5.34. The van der Waals surface area contributed by atoms with Crippen molar-refractivity contribution in [2.75, 3.05) is 0 Å². The number of hydrogen-bond donors (Lipinski definition) is 0. The molecule has 0 aromatic heterocycles. The summed E-state index contributed by atoms with van der Waals surface area (Å²) >= 11 is 3.08. The lowest BCUT2D eigenvalue weighted by atomic mass is 10.2. The molecule has 0 aliphatic carbocycles. The van der Waals surface area contributed by atoms with Crippen molar-refractivity contribution in [1.82, 2.24) is 0 Å². The second-order valence-electron chi connectivity index (χ2n) is 4.16. The highest BCUT2D eigenvalue weighted by molar-refractivity contribution is 9.10. The number of sulfone groups is 1. The lowest BCUT2D eigenvalue weighted by Gasteiger charge is -2.07. The number of hydrogen-bond acceptors (Lipinski definition) is 4. The molecule has 0 heterocycles. The summed E-state index contributed by atoms with van der Waals surface area (Å²) in [6, 6.07) is 10.2. The third-order valence-corrected chi connectivity index (χ3v) is 5.53. The number of aryl methyl sites for hydroxylation is 1. The maximum absolute atomic E-state index is 12.6. The molecule has 104 valence electrons. The predicted octanol–water partition coefficient (Wildman–Crippen LogP) is 3.50. The largest absolute Gasteiger partial charge is 0.289 e. The summed E-state index contributed by atoms with van der Waals surface area (Å²) in [6.45, 7) is 1.83. The summed E-state index contributed by atoms with van der Waals surface area (Å²) in [5.74, 6) is 0. The average molecular weight is 356 g/mol. The number of rotatable bonds is 3. The van der Waals surface area contributed by atoms with Crippen LogP contribution in [-0.4, -0.2) is 13.3 Å². The molecule has 0 radical (unpaired) electrons. The van der Waals surface area contributed by atoms with E-state index in [-0.39, 0.29) is 14.3 Å². The first-order chi connectivity index (χ1) is 9.34. The standard InChI is InChI=1S/C13H10BrNO4S/c1-9-5-7-10(8-6-9)20(18,19)13-11(14)3-2-4-12(13)15(16)17/h2-8H,1H3. The number of nitrogens with zero attached hydrogens (tertiary/aromatic N) is 1. The monoisotopic (exact) mass is 355 g/mol. The Labute approximate surface area is 124 Å². The zero-order chi connectivity index (χ0) is 14.9. The van der Waals surface area contributed by atoms with Gasteiger partial charge in [0, 0.05) is 10.5 Å². The average Bonchev–Trinajstić information content (AvgIpc) is 2.38. The van der Waals surface area contributed by atoms with Crippen LogP contribution in [0.3, 0.4) is 0 Å². The van der Waals surface area contributed by atoms with Gasteiger partial charge in [0.15, 0.2) is 4.90 Å². The molecule has 7 heteroatoms. The van der Waals surface area contributed by atoms with Gasteiger partial charge in [-0.2, -0.15) is 0 Å². The van der Waals surface area contributed by atoms with Crippen LogP contribution in [0.4, 0.5) is 5.69 Å². The van der Waals surface area contributed by atoms with Crippen molar-refractivity contribution >= 4 is 31.5 Å². The SMILES string of the molecule is Cc1ccc(S(=O)(=O)c2c(Br)cccc2[N+](=O)[O-])cc1. The van der Waals surface area contributed by atoms with Crippen molar-refractivity contribution in [3.05, 3.63) is 62.6 Å². The first-order valence-corrected chi connectivity index (χ1v) is 7.86. The minimum atomic E-state index is -3.95. The fourth-order valence-corrected chi connectivity index (χ4v) is 4.21. The molecule has 20 heavy (non-hydrogen) atoms. The molecule has 0 unspecified atom stereocenters. The van der Waals surface area contributed by atoms with E-state index in [2.05, 4.69) is 15.9 Å². The van der Waals surface area contributed by atoms with Gasteiger partial charge in [0.05, 0.1) is 9.82 Å². The summed E-state index contributed by atoms with van der Waals surface area (Å²) in [5.41, 5.74) is 0.463. The molecule has 0 bridgehead atoms. The van der Waals surface area contributed by atoms with E-state index < -0.39 is 20.4 Å². The van der Waals surface area contributed by atoms with Crippen LogP contribution in [0.15, 0.2) is 56.7 Å². The Balaban J connectivity index is 2.72. The highest BCUT2D eigenvalue weighted by Gasteiger charge is 2.29. The second-order valence-corrected chi connectivity index (χ2v) is 6.90. The Kier molecular flexibility index (Phi) is 3.92. The van der Waals surface area contributed by atoms with E-state index in [1.807, 2.05) is 6.92 Å². The lowest BCUT2D eigenvalue weighted by molar-refractivity contribution is -0.387. The van der Waals surface area contributed by atoms with E-state index in [1.165, 1.54) is 30.3 Å². The van der Waals surface area contributed by atoms with Crippen LogP contribution in [-0.2, 0) is 9.84 Å². The molecule has 0 spiro atoms. The van der Waals surface area contributed by atoms with Gasteiger partial charge in [0.1, 0.15) is 0 Å². The third-order valence-electron chi connectivity index (χ3n) is 2.74. The van der Waals surface area contributed by atoms with E-state index >= 15 is 0 Å². The third kappa shape index (κ3) is 2.59. The molecular weight excluding hydrogens is 346 g/mol. The molecule has 5 nitrogen and oxygen atoms in total. The molecule has 0 amide bonds. The minimum absolute atomic E-state index is 0.0260. The number of nitro benzene ring substituents is 1. The Morgan fingerprint density at radius 1 is 1.10 bits per heavy atom. The van der Waals surface area contributed by atoms with Gasteiger partial charge in [-0.3, -0.25) is 10.1 Å². The maximum atomic E-state index is 12.6. The molecule has 2 aromatic carbocycles. The van der Waals surface area contributed by atoms with E-state index in [0.717, 1.165) is 5.56 Å². The van der Waals surface area contributed by atoms with E-state index in [9.17, 15) is 18.5 Å². The molecule has 0 saturated heterocycles. The summed E-state index contributed by atoms with van der Waals surface area (Å²) in [7, 11) is -3.95. The van der Waals surface area contributed by atoms with E-state index in [0.29, 0.717) is 0 Å². The fourth-order valence-electron chi connectivity index (χ4n) is 1.74. The normalized spacial score (nSPS) is 11.3. The van der Waals surface area contributed by atoms with Crippen LogP contribution in [0.5, 0.6) is 0 Å². The van der Waals surface area contributed by atoms with Crippen LogP contribution in [0.2, 0.25) is 0 Å². The highest BCUT2D eigenvalue weighted by Crippen LogP contribution is 2.35. The first kappa shape index (κ1) is 14.7. The summed E-state index contributed by atoms with van der Waals surface area (Å²) in [6.07, 6.45) is 0. The smallest absolute Gasteiger partial charge is 0.258 e. The Morgan fingerprint density at radius 2 is 1.70 bits per heavy atom. The van der Waals surface area contributed by atoms with Crippen molar-refractivity contribution in [2.24, 2.45) is 0 Å².